The molecule has 0 bridgehead atoms. The smallest absolute Gasteiger partial charge is 0.335 e. The molecule has 3 aromatic carbocycles. The molecule has 3 rings (SSSR count). The van der Waals surface area contributed by atoms with Gasteiger partial charge < -0.3 is 14.6 Å². The number of methoxy groups -OCH3 is 1. The summed E-state index contributed by atoms with van der Waals surface area (Å²) in [5.41, 5.74) is 5.13. The second-order valence-corrected chi connectivity index (χ2v) is 6.65. The third kappa shape index (κ3) is 6.43. The van der Waals surface area contributed by atoms with Gasteiger partial charge >= 0.3 is 5.97 Å². The number of carboxylic acid groups (broad SMARTS) is 1. The maximum Gasteiger partial charge on any atom is 0.335 e. The monoisotopic (exact) mass is 418 g/mol. The topological polar surface area (TPSA) is 97.2 Å². The highest BCUT2D eigenvalue weighted by Gasteiger charge is 2.05. The Hall–Kier alpha value is -4.13. The highest BCUT2D eigenvalue weighted by Crippen LogP contribution is 2.18. The van der Waals surface area contributed by atoms with E-state index in [1.165, 1.54) is 18.3 Å². The van der Waals surface area contributed by atoms with Crippen LogP contribution < -0.4 is 14.9 Å². The lowest BCUT2D eigenvalue weighted by Gasteiger charge is -2.09. The Balaban J connectivity index is 1.55. The Bertz CT molecular complexity index is 1060. The quantitative estimate of drug-likeness (QED) is 0.408. The van der Waals surface area contributed by atoms with Gasteiger partial charge in [-0.1, -0.05) is 36.4 Å². The van der Waals surface area contributed by atoms with Crippen molar-refractivity contribution in [2.24, 2.45) is 5.10 Å². The predicted octanol–water partition coefficient (Wildman–Crippen LogP) is 3.67. The first kappa shape index (κ1) is 21.6. The van der Waals surface area contributed by atoms with E-state index in [1.807, 2.05) is 30.3 Å². The number of nitrogens with zero attached hydrogens (tertiary/aromatic N) is 1. The highest BCUT2D eigenvalue weighted by atomic mass is 16.5. The van der Waals surface area contributed by atoms with Gasteiger partial charge in [-0.3, -0.25) is 4.79 Å². The molecule has 0 fully saturated rings. The Labute approximate surface area is 179 Å². The minimum Gasteiger partial charge on any atom is -0.497 e. The van der Waals surface area contributed by atoms with Gasteiger partial charge in [-0.25, -0.2) is 10.2 Å². The molecule has 3 aromatic rings. The van der Waals surface area contributed by atoms with Gasteiger partial charge in [0.1, 0.15) is 18.1 Å². The molecule has 7 nitrogen and oxygen atoms in total. The molecule has 0 aliphatic heterocycles. The van der Waals surface area contributed by atoms with E-state index in [4.69, 9.17) is 14.6 Å². The van der Waals surface area contributed by atoms with Crippen LogP contribution in [0.4, 0.5) is 0 Å². The number of carboxylic acids is 1. The van der Waals surface area contributed by atoms with Crippen LogP contribution in [0.5, 0.6) is 11.5 Å². The van der Waals surface area contributed by atoms with Crippen molar-refractivity contribution in [3.63, 3.8) is 0 Å². The first-order valence-corrected chi connectivity index (χ1v) is 9.54. The number of hydrazone groups is 1. The van der Waals surface area contributed by atoms with Crippen molar-refractivity contribution in [2.45, 2.75) is 13.0 Å². The Kier molecular flexibility index (Phi) is 7.37. The fourth-order valence-electron chi connectivity index (χ4n) is 2.77. The minimum absolute atomic E-state index is 0.200. The van der Waals surface area contributed by atoms with Crippen LogP contribution in [-0.2, 0) is 17.8 Å². The molecule has 0 saturated carbocycles. The molecule has 0 aliphatic carbocycles. The van der Waals surface area contributed by atoms with Crippen molar-refractivity contribution in [2.75, 3.05) is 7.11 Å². The van der Waals surface area contributed by atoms with E-state index in [-0.39, 0.29) is 24.5 Å². The van der Waals surface area contributed by atoms with E-state index in [9.17, 15) is 9.59 Å². The largest absolute Gasteiger partial charge is 0.497 e. The average molecular weight is 418 g/mol. The molecular formula is C24H22N2O5. The van der Waals surface area contributed by atoms with Crippen LogP contribution >= 0.6 is 0 Å². The van der Waals surface area contributed by atoms with Gasteiger partial charge in [0.2, 0.25) is 5.91 Å². The summed E-state index contributed by atoms with van der Waals surface area (Å²) < 4.78 is 10.9. The number of carbonyl (C=O) groups is 2. The van der Waals surface area contributed by atoms with Crippen LogP contribution in [-0.4, -0.2) is 30.3 Å². The summed E-state index contributed by atoms with van der Waals surface area (Å²) in [5, 5.41) is 13.0. The van der Waals surface area contributed by atoms with Gasteiger partial charge in [0.25, 0.3) is 0 Å². The molecule has 0 atom stereocenters. The van der Waals surface area contributed by atoms with Gasteiger partial charge in [0.05, 0.1) is 25.3 Å². The number of ether oxygens (including phenoxy) is 2. The first-order valence-electron chi connectivity index (χ1n) is 9.54. The molecule has 158 valence electrons. The van der Waals surface area contributed by atoms with Crippen LogP contribution in [0.15, 0.2) is 77.9 Å². The lowest BCUT2D eigenvalue weighted by atomic mass is 10.1. The zero-order chi connectivity index (χ0) is 22.1. The van der Waals surface area contributed by atoms with Gasteiger partial charge in [-0.05, 0) is 47.5 Å². The minimum atomic E-state index is -0.969. The number of hydrogen-bond acceptors (Lipinski definition) is 5. The number of nitrogens with one attached hydrogen (secondary N) is 1. The van der Waals surface area contributed by atoms with E-state index in [0.717, 1.165) is 16.9 Å². The summed E-state index contributed by atoms with van der Waals surface area (Å²) in [6.07, 6.45) is 1.72. The summed E-state index contributed by atoms with van der Waals surface area (Å²) in [4.78, 5) is 23.0. The number of amides is 1. The number of carbonyl (C=O) groups excluding carboxylic acids is 1. The molecule has 7 heteroatoms. The molecule has 0 spiro atoms. The Morgan fingerprint density at radius 1 is 0.968 bits per heavy atom. The molecule has 0 radical (unpaired) electrons. The maximum atomic E-state index is 12.1. The van der Waals surface area contributed by atoms with E-state index in [0.29, 0.717) is 11.3 Å². The van der Waals surface area contributed by atoms with Crippen LogP contribution in [0, 0.1) is 0 Å². The zero-order valence-electron chi connectivity index (χ0n) is 16.9. The summed E-state index contributed by atoms with van der Waals surface area (Å²) in [7, 11) is 1.59. The van der Waals surface area contributed by atoms with Gasteiger partial charge in [-0.15, -0.1) is 0 Å². The van der Waals surface area contributed by atoms with Crippen molar-refractivity contribution >= 4 is 18.1 Å². The second-order valence-electron chi connectivity index (χ2n) is 6.65. The summed E-state index contributed by atoms with van der Waals surface area (Å²) >= 11 is 0. The van der Waals surface area contributed by atoms with Crippen molar-refractivity contribution in [1.82, 2.24) is 5.43 Å². The standard InChI is InChI=1S/C24H22N2O5/c1-30-21-12-8-17(9-13-21)14-23(27)26-25-15-20-4-2-3-5-22(20)31-16-18-6-10-19(11-7-18)24(28)29/h2-13,15H,14,16H2,1H3,(H,26,27)(H,28,29)/b25-15+. The third-order valence-electron chi connectivity index (χ3n) is 4.43. The number of benzene rings is 3. The van der Waals surface area contributed by atoms with Crippen LogP contribution in [0.1, 0.15) is 27.0 Å². The van der Waals surface area contributed by atoms with Gasteiger partial charge in [-0.2, -0.15) is 5.10 Å². The fourth-order valence-corrected chi connectivity index (χ4v) is 2.77. The van der Waals surface area contributed by atoms with Crippen molar-refractivity contribution in [1.29, 1.82) is 0 Å². The third-order valence-corrected chi connectivity index (χ3v) is 4.43. The molecule has 31 heavy (non-hydrogen) atoms. The second kappa shape index (κ2) is 10.6. The van der Waals surface area contributed by atoms with E-state index < -0.39 is 5.97 Å². The molecule has 0 saturated heterocycles. The van der Waals surface area contributed by atoms with Crippen molar-refractivity contribution < 1.29 is 24.2 Å². The highest BCUT2D eigenvalue weighted by molar-refractivity contribution is 5.87. The summed E-state index contributed by atoms with van der Waals surface area (Å²) in [6.45, 7) is 0.272. The van der Waals surface area contributed by atoms with E-state index in [2.05, 4.69) is 10.5 Å². The van der Waals surface area contributed by atoms with Gasteiger partial charge in [0, 0.05) is 5.56 Å². The average Bonchev–Trinajstić information content (AvgIpc) is 2.79. The van der Waals surface area contributed by atoms with E-state index in [1.54, 1.807) is 37.4 Å². The van der Waals surface area contributed by atoms with Gasteiger partial charge in [0.15, 0.2) is 0 Å². The maximum absolute atomic E-state index is 12.1. The molecule has 2 N–H and O–H groups in total. The van der Waals surface area contributed by atoms with E-state index >= 15 is 0 Å². The number of hydrogen-bond donors (Lipinski definition) is 2. The summed E-state index contributed by atoms with van der Waals surface area (Å²) in [5.74, 6) is 0.121. The first-order chi connectivity index (χ1) is 15.0. The molecule has 0 aromatic heterocycles. The fraction of sp³-hybridized carbons (Fsp3) is 0.125. The zero-order valence-corrected chi connectivity index (χ0v) is 16.9. The lowest BCUT2D eigenvalue weighted by Crippen LogP contribution is -2.19. The number of para-hydroxylation sites is 1. The van der Waals surface area contributed by atoms with Crippen molar-refractivity contribution in [3.05, 3.63) is 95.1 Å². The Morgan fingerprint density at radius 3 is 2.32 bits per heavy atom. The Morgan fingerprint density at radius 2 is 1.65 bits per heavy atom. The van der Waals surface area contributed by atoms with Crippen LogP contribution in [0.3, 0.4) is 0 Å². The van der Waals surface area contributed by atoms with Crippen LogP contribution in [0.25, 0.3) is 0 Å². The van der Waals surface area contributed by atoms with Crippen molar-refractivity contribution in [3.8, 4) is 11.5 Å². The molecule has 0 aliphatic rings. The SMILES string of the molecule is COc1ccc(CC(=O)N/N=C/c2ccccc2OCc2ccc(C(=O)O)cc2)cc1. The number of rotatable bonds is 9. The van der Waals surface area contributed by atoms with Crippen LogP contribution in [0.2, 0.25) is 0 Å². The molecule has 1 amide bonds. The predicted molar refractivity (Wildman–Crippen MR) is 117 cm³/mol. The molecule has 0 heterocycles. The number of aromatic carboxylic acids is 1. The molecule has 0 unspecified atom stereocenters. The normalized spacial score (nSPS) is 10.6. The summed E-state index contributed by atoms with van der Waals surface area (Å²) in [6, 6.07) is 21.0. The lowest BCUT2D eigenvalue weighted by molar-refractivity contribution is -0.120. The molecular weight excluding hydrogens is 396 g/mol.